The average Bonchev–Trinajstić information content (AvgIpc) is 1.69. The van der Waals surface area contributed by atoms with Crippen molar-refractivity contribution in [2.75, 3.05) is 58.9 Å². The second-order valence-corrected chi connectivity index (χ2v) is 36.8. The molecule has 21 N–H and O–H groups in total. The van der Waals surface area contributed by atoms with Crippen molar-refractivity contribution in [1.29, 1.82) is 5.41 Å². The molecule has 0 bridgehead atoms. The van der Waals surface area contributed by atoms with Crippen molar-refractivity contribution in [3.63, 3.8) is 0 Å². The zero-order chi connectivity index (χ0) is 98.3. The van der Waals surface area contributed by atoms with Gasteiger partial charge in [-0.05, 0) is 112 Å². The van der Waals surface area contributed by atoms with Crippen LogP contribution in [0.4, 0.5) is 0 Å². The third kappa shape index (κ3) is 29.7. The van der Waals surface area contributed by atoms with Crippen LogP contribution >= 0.6 is 11.8 Å². The van der Waals surface area contributed by atoms with E-state index in [1.54, 1.807) is 54.9 Å². The Hall–Kier alpha value is -13.1. The number of H-pyrrole nitrogens is 3. The van der Waals surface area contributed by atoms with E-state index in [1.165, 1.54) is 50.4 Å². The predicted molar refractivity (Wildman–Crippen MR) is 504 cm³/mol. The highest BCUT2D eigenvalue weighted by molar-refractivity contribution is 8.00. The van der Waals surface area contributed by atoms with Crippen LogP contribution in [-0.2, 0) is 107 Å². The normalized spacial score (nSPS) is 24.2. The number of benzene rings is 3. The molecule has 3 aromatic carbocycles. The first-order valence-corrected chi connectivity index (χ1v) is 47.4. The molecule has 0 radical (unpaired) electrons. The number of ketones is 2. The fourth-order valence-corrected chi connectivity index (χ4v) is 18.5. The summed E-state index contributed by atoms with van der Waals surface area (Å²) in [5.41, 5.74) is 18.7. The van der Waals surface area contributed by atoms with E-state index in [2.05, 4.69) is 73.1 Å². The molecule has 2 saturated heterocycles. The first-order valence-electron chi connectivity index (χ1n) is 46.3. The fraction of sp³-hybridized carbons (Fsp3) is 0.543. The lowest BCUT2D eigenvalue weighted by molar-refractivity contribution is -0.150. The van der Waals surface area contributed by atoms with E-state index < -0.39 is 234 Å². The van der Waals surface area contributed by atoms with Gasteiger partial charge in [-0.25, -0.2) is 4.98 Å². The van der Waals surface area contributed by atoms with Gasteiger partial charge in [0.1, 0.15) is 66.5 Å². The lowest BCUT2D eigenvalue weighted by Crippen LogP contribution is -2.61. The molecule has 3 fully saturated rings. The van der Waals surface area contributed by atoms with Gasteiger partial charge in [0.05, 0.1) is 37.2 Å². The first-order chi connectivity index (χ1) is 64.4. The Bertz CT molecular complexity index is 5170. The fourth-order valence-electron chi connectivity index (χ4n) is 17.6. The third-order valence-corrected chi connectivity index (χ3v) is 26.3. The number of para-hydroxylation sites is 2. The molecule has 1 saturated carbocycles. The summed E-state index contributed by atoms with van der Waals surface area (Å²) in [4.78, 5) is 270. The summed E-state index contributed by atoms with van der Waals surface area (Å²) in [5, 5.41) is 47.7. The molecular weight excluding hydrogens is 1760 g/mol. The Kier molecular flexibility index (Phi) is 39.8. The van der Waals surface area contributed by atoms with E-state index in [0.717, 1.165) is 21.6 Å². The van der Waals surface area contributed by atoms with Crippen LogP contribution in [0.25, 0.3) is 21.8 Å². The van der Waals surface area contributed by atoms with Gasteiger partial charge in [-0.15, -0.1) is 11.8 Å². The van der Waals surface area contributed by atoms with Gasteiger partial charge in [0.15, 0.2) is 17.5 Å². The highest BCUT2D eigenvalue weighted by Gasteiger charge is 2.48. The second-order valence-electron chi connectivity index (χ2n) is 35.7. The molecule has 5 heterocycles. The molecule has 15 amide bonds. The summed E-state index contributed by atoms with van der Waals surface area (Å²) in [5.74, 6) is -18.6. The number of hydrogen-bond donors (Lipinski definition) is 18. The van der Waals surface area contributed by atoms with Gasteiger partial charge in [-0.1, -0.05) is 133 Å². The van der Waals surface area contributed by atoms with Crippen LogP contribution in [0, 0.1) is 23.2 Å². The largest absolute Gasteiger partial charge is 0.394 e. The maximum absolute atomic E-state index is 15.9. The van der Waals surface area contributed by atoms with E-state index in [4.69, 9.17) is 22.6 Å². The van der Waals surface area contributed by atoms with Crippen LogP contribution in [0.1, 0.15) is 173 Å². The molecule has 0 unspecified atom stereocenters. The highest BCUT2D eigenvalue weighted by atomic mass is 32.2. The number of Topliss-reactive ketones (excluding diaryl/α,β-unsaturated/α-hetero) is 2. The number of nitrogens with two attached hydrogens (primary N) is 3. The minimum absolute atomic E-state index is 0.0000454. The number of aromatic amines is 3. The van der Waals surface area contributed by atoms with E-state index in [0.29, 0.717) is 82.7 Å². The van der Waals surface area contributed by atoms with Crippen molar-refractivity contribution in [2.45, 2.75) is 248 Å². The summed E-state index contributed by atoms with van der Waals surface area (Å²) in [6.45, 7) is 6.90. The number of primary amides is 2. The van der Waals surface area contributed by atoms with E-state index in [9.17, 15) is 48.3 Å². The third-order valence-electron chi connectivity index (χ3n) is 25.2. The number of nitrogens with zero attached hydrogens (tertiary/aromatic N) is 5. The molecule has 3 aromatic heterocycles. The quantitative estimate of drug-likeness (QED) is 0.0205. The van der Waals surface area contributed by atoms with Gasteiger partial charge in [-0.3, -0.25) is 86.9 Å². The number of rotatable bonds is 26. The first kappa shape index (κ1) is 106. The molecule has 732 valence electrons. The van der Waals surface area contributed by atoms with E-state index in [1.807, 2.05) is 64.1 Å². The smallest absolute Gasteiger partial charge is 0.246 e. The molecule has 2 aliphatic heterocycles. The number of aliphatic hydroxyl groups is 1. The standard InChI is InChI=1S/C94H132N22O18S/c1-9-11-31-73-87(129)106-66(30-22-36-100-93(97)98)84(126)111-72(83(125)103-49-79(96)121)51-135-52-80(122)105-69(39-56-24-14-13-15-25-56)90(132)113(6)55(5)81(123)109-70(45-78(95)120)91(133)116-37-23-33-74(116)88(130)108-68(44-61-48-99-53-104-61)85(127)107-67(38-54(3)4)86(128)112-94(34-20-21-35-94)77(119)43-57(40-59-46-101-64-28-18-16-26-62(59)64)82(124)110-71(50-117)76(118)42-58(41-60-47-102-65-29-19-17-27-63(60)65)89(131)115(8)75(32-12-10-2)92(134)114(73)7/h13-19,24-29,46-48,53-55,57-58,66-75,101-102,117H,9-12,20-23,30-45,49-52H2,1-8H3,(H2,95,120)(H2,96,121)(H,99,104)(H,103,125)(H,105,122)(H,106,129)(H,107,127)(H,108,130)(H,109,123)(H,110,124)(H,111,126)(H,112,128)(H4,97,98,100)/t55-,57+,58+,66-,67-,68-,69-,70-,71-,72-,73-,74-,75-/m0/s1. The Labute approximate surface area is 788 Å². The number of guanidine groups is 1. The van der Waals surface area contributed by atoms with E-state index in [-0.39, 0.29) is 102 Å². The lowest BCUT2D eigenvalue weighted by atomic mass is 9.83. The van der Waals surface area contributed by atoms with E-state index >= 15 is 38.4 Å². The molecule has 6 aromatic rings. The Balaban J connectivity index is 1.10. The van der Waals surface area contributed by atoms with Crippen molar-refractivity contribution < 1.29 is 86.6 Å². The summed E-state index contributed by atoms with van der Waals surface area (Å²) in [6.07, 6.45) is 6.62. The second kappa shape index (κ2) is 50.9. The van der Waals surface area contributed by atoms with Crippen LogP contribution in [0.3, 0.4) is 0 Å². The molecule has 41 heteroatoms. The zero-order valence-corrected chi connectivity index (χ0v) is 78.8. The summed E-state index contributed by atoms with van der Waals surface area (Å²) in [6, 6.07) is 6.69. The molecule has 1 spiro atoms. The van der Waals surface area contributed by atoms with Crippen LogP contribution in [-0.4, -0.2) is 282 Å². The van der Waals surface area contributed by atoms with Crippen LogP contribution in [0.2, 0.25) is 0 Å². The van der Waals surface area contributed by atoms with Crippen LogP contribution in [0.5, 0.6) is 0 Å². The number of unbranched alkanes of at least 4 members (excludes halogenated alkanes) is 2. The minimum Gasteiger partial charge on any atom is -0.394 e. The van der Waals surface area contributed by atoms with Gasteiger partial charge in [0.25, 0.3) is 0 Å². The molecule has 40 nitrogen and oxygen atoms in total. The number of aromatic nitrogens is 4. The summed E-state index contributed by atoms with van der Waals surface area (Å²) >= 11 is 0.803. The van der Waals surface area contributed by atoms with Crippen molar-refractivity contribution in [2.24, 2.45) is 35.0 Å². The number of hydrogen-bond acceptors (Lipinski definition) is 21. The highest BCUT2D eigenvalue weighted by Crippen LogP contribution is 2.35. The van der Waals surface area contributed by atoms with Gasteiger partial charge in [-0.2, -0.15) is 0 Å². The Morgan fingerprint density at radius 2 is 1.16 bits per heavy atom. The number of likely N-dealkylation sites (N-methyl/N-ethyl adjacent to an activating group) is 3. The molecule has 13 atom stereocenters. The predicted octanol–water partition coefficient (Wildman–Crippen LogP) is 1.01. The average molecular weight is 1890 g/mol. The molecule has 135 heavy (non-hydrogen) atoms. The maximum atomic E-state index is 15.9. The number of thioether (sulfide) groups is 1. The van der Waals surface area contributed by atoms with Gasteiger partial charge >= 0.3 is 0 Å². The maximum Gasteiger partial charge on any atom is 0.246 e. The summed E-state index contributed by atoms with van der Waals surface area (Å²) < 4.78 is 0. The Morgan fingerprint density at radius 1 is 0.570 bits per heavy atom. The number of nitrogens with one attached hydrogen (secondary N) is 14. The number of imidazole rings is 1. The number of fused-ring (bicyclic) bond motifs is 3. The molecule has 9 rings (SSSR count). The number of carbonyl (C=O) groups is 17. The van der Waals surface area contributed by atoms with Crippen molar-refractivity contribution in [3.8, 4) is 0 Å². The van der Waals surface area contributed by atoms with Gasteiger partial charge < -0.3 is 110 Å². The molecule has 3 aliphatic rings. The van der Waals surface area contributed by atoms with Gasteiger partial charge in [0.2, 0.25) is 88.6 Å². The van der Waals surface area contributed by atoms with Crippen LogP contribution in [0.15, 0.2) is 104 Å². The number of amides is 15. The van der Waals surface area contributed by atoms with Crippen molar-refractivity contribution in [3.05, 3.63) is 126 Å². The van der Waals surface area contributed by atoms with Crippen molar-refractivity contribution in [1.82, 2.24) is 92.7 Å². The Morgan fingerprint density at radius 3 is 1.77 bits per heavy atom. The minimum atomic E-state index is -1.74. The lowest BCUT2D eigenvalue weighted by Gasteiger charge is -2.36. The summed E-state index contributed by atoms with van der Waals surface area (Å²) in [7, 11) is 4.06. The van der Waals surface area contributed by atoms with Gasteiger partial charge in [0, 0.05) is 124 Å². The topological polar surface area (TPSA) is 606 Å². The monoisotopic (exact) mass is 1890 g/mol. The van der Waals surface area contributed by atoms with Crippen molar-refractivity contribution >= 4 is 140 Å². The number of carbonyl (C=O) groups excluding carboxylic acids is 17. The number of aliphatic hydroxyl groups excluding tert-OH is 1. The molecule has 1 aliphatic carbocycles. The SMILES string of the molecule is CCCC[C@H]1C(=O)N(C)[C@@H](CCCC)C(=O)N[C@@H](CCCNC(=N)N)C(=O)N[C@H](C(=O)NCC(N)=O)CSCC(=O)N[C@@H](Cc2ccccc2)C(=O)N(C)[C@@H](C)C(=O)N[C@@H](CC(N)=O)C(=O)N2CCC[C@H]2C(=O)N[C@@H](Cc2cnc[nH]2)C(=O)N[C@@H](CC(C)C)C(=O)NC2(CCCC2)C(=O)C[C@@H](Cc2c[nH]c3ccccc23)C(=O)N[C@@H](CO)C(=O)C[C@@H](Cc2c[nH]c3ccccc23)C(=O)N1C. The molecular formula is C94H132N22O18S. The zero-order valence-electron chi connectivity index (χ0n) is 78.0. The van der Waals surface area contributed by atoms with Crippen LogP contribution < -0.4 is 70.4 Å².